The molecular weight excluding hydrogens is 317 g/mol. The molecular formula is C21H26FNO2. The van der Waals surface area contributed by atoms with E-state index < -0.39 is 0 Å². The van der Waals surface area contributed by atoms with Gasteiger partial charge in [0.25, 0.3) is 0 Å². The second kappa shape index (κ2) is 8.65. The SMILES string of the molecule is CCC(=O)N(CC)c1cccc(F)c1COc1ccc(CC)cc1C. The molecule has 2 aromatic carbocycles. The summed E-state index contributed by atoms with van der Waals surface area (Å²) in [7, 11) is 0. The zero-order valence-electron chi connectivity index (χ0n) is 15.4. The number of amides is 1. The van der Waals surface area contributed by atoms with E-state index in [0.29, 0.717) is 24.2 Å². The molecule has 4 heteroatoms. The van der Waals surface area contributed by atoms with Crippen LogP contribution in [0, 0.1) is 12.7 Å². The standard InChI is InChI=1S/C21H26FNO2/c1-5-16-11-12-20(15(4)13-16)25-14-17-18(22)9-8-10-19(17)23(7-3)21(24)6-2/h8-13H,5-7,14H2,1-4H3. The first-order valence-electron chi connectivity index (χ1n) is 8.81. The van der Waals surface area contributed by atoms with Crippen LogP contribution in [0.1, 0.15) is 43.9 Å². The number of hydrogen-bond acceptors (Lipinski definition) is 2. The molecule has 1 amide bonds. The van der Waals surface area contributed by atoms with Crippen molar-refractivity contribution in [2.75, 3.05) is 11.4 Å². The van der Waals surface area contributed by atoms with Crippen molar-refractivity contribution >= 4 is 11.6 Å². The zero-order chi connectivity index (χ0) is 18.4. The second-order valence-corrected chi connectivity index (χ2v) is 5.97. The number of anilines is 1. The van der Waals surface area contributed by atoms with Crippen molar-refractivity contribution in [3.05, 3.63) is 58.9 Å². The normalized spacial score (nSPS) is 10.6. The maximum atomic E-state index is 14.4. The molecule has 0 aliphatic rings. The maximum Gasteiger partial charge on any atom is 0.226 e. The van der Waals surface area contributed by atoms with Crippen LogP contribution in [0.25, 0.3) is 0 Å². The van der Waals surface area contributed by atoms with E-state index in [1.54, 1.807) is 24.0 Å². The summed E-state index contributed by atoms with van der Waals surface area (Å²) in [4.78, 5) is 13.8. The van der Waals surface area contributed by atoms with E-state index in [-0.39, 0.29) is 18.3 Å². The monoisotopic (exact) mass is 343 g/mol. The van der Waals surface area contributed by atoms with Crippen molar-refractivity contribution in [1.82, 2.24) is 0 Å². The number of halogens is 1. The van der Waals surface area contributed by atoms with Crippen LogP contribution in [-0.2, 0) is 17.8 Å². The Hall–Kier alpha value is -2.36. The molecule has 25 heavy (non-hydrogen) atoms. The minimum Gasteiger partial charge on any atom is -0.488 e. The van der Waals surface area contributed by atoms with Gasteiger partial charge >= 0.3 is 0 Å². The summed E-state index contributed by atoms with van der Waals surface area (Å²) in [5.74, 6) is 0.344. The number of rotatable bonds is 7. The van der Waals surface area contributed by atoms with Crippen LogP contribution in [0.4, 0.5) is 10.1 Å². The number of carbonyl (C=O) groups is 1. The summed E-state index contributed by atoms with van der Waals surface area (Å²) in [6.45, 7) is 8.35. The Morgan fingerprint density at radius 2 is 1.92 bits per heavy atom. The van der Waals surface area contributed by atoms with Gasteiger partial charge in [-0.2, -0.15) is 0 Å². The van der Waals surface area contributed by atoms with E-state index in [0.717, 1.165) is 17.7 Å². The highest BCUT2D eigenvalue weighted by Crippen LogP contribution is 2.27. The van der Waals surface area contributed by atoms with Crippen LogP contribution < -0.4 is 9.64 Å². The lowest BCUT2D eigenvalue weighted by Gasteiger charge is -2.24. The van der Waals surface area contributed by atoms with E-state index in [1.165, 1.54) is 11.6 Å². The average molecular weight is 343 g/mol. The highest BCUT2D eigenvalue weighted by molar-refractivity contribution is 5.93. The first kappa shape index (κ1) is 19.0. The van der Waals surface area contributed by atoms with Crippen molar-refractivity contribution in [3.8, 4) is 5.75 Å². The van der Waals surface area contributed by atoms with Crippen LogP contribution in [0.2, 0.25) is 0 Å². The van der Waals surface area contributed by atoms with Gasteiger partial charge in [-0.1, -0.05) is 32.0 Å². The maximum absolute atomic E-state index is 14.4. The smallest absolute Gasteiger partial charge is 0.226 e. The molecule has 0 aliphatic heterocycles. The number of nitrogens with zero attached hydrogens (tertiary/aromatic N) is 1. The summed E-state index contributed by atoms with van der Waals surface area (Å²) in [6.07, 6.45) is 1.34. The fraction of sp³-hybridized carbons (Fsp3) is 0.381. The molecule has 0 aromatic heterocycles. The van der Waals surface area contributed by atoms with E-state index in [1.807, 2.05) is 26.0 Å². The summed E-state index contributed by atoms with van der Waals surface area (Å²) in [5.41, 5.74) is 3.25. The Morgan fingerprint density at radius 1 is 1.16 bits per heavy atom. The number of aryl methyl sites for hydroxylation is 2. The van der Waals surface area contributed by atoms with E-state index in [2.05, 4.69) is 13.0 Å². The summed E-state index contributed by atoms with van der Waals surface area (Å²) < 4.78 is 20.3. The molecule has 0 spiro atoms. The molecule has 0 N–H and O–H groups in total. The lowest BCUT2D eigenvalue weighted by molar-refractivity contribution is -0.118. The van der Waals surface area contributed by atoms with Crippen molar-refractivity contribution in [1.29, 1.82) is 0 Å². The number of benzene rings is 2. The Bertz CT molecular complexity index is 743. The van der Waals surface area contributed by atoms with Gasteiger partial charge in [0.2, 0.25) is 5.91 Å². The molecule has 0 atom stereocenters. The Kier molecular flexibility index (Phi) is 6.57. The molecule has 0 aliphatic carbocycles. The van der Waals surface area contributed by atoms with E-state index >= 15 is 0 Å². The zero-order valence-corrected chi connectivity index (χ0v) is 15.4. The van der Waals surface area contributed by atoms with Gasteiger partial charge in [0.1, 0.15) is 18.2 Å². The van der Waals surface area contributed by atoms with Gasteiger partial charge in [0.15, 0.2) is 0 Å². The summed E-state index contributed by atoms with van der Waals surface area (Å²) >= 11 is 0. The molecule has 2 rings (SSSR count). The first-order valence-corrected chi connectivity index (χ1v) is 8.81. The third-order valence-corrected chi connectivity index (χ3v) is 4.32. The molecule has 3 nitrogen and oxygen atoms in total. The Labute approximate surface area is 149 Å². The van der Waals surface area contributed by atoms with Gasteiger partial charge in [-0.3, -0.25) is 4.79 Å². The van der Waals surface area contributed by atoms with Crippen LogP contribution in [-0.4, -0.2) is 12.5 Å². The summed E-state index contributed by atoms with van der Waals surface area (Å²) in [6, 6.07) is 10.8. The van der Waals surface area contributed by atoms with Crippen LogP contribution in [0.15, 0.2) is 36.4 Å². The topological polar surface area (TPSA) is 29.5 Å². The molecule has 0 bridgehead atoms. The van der Waals surface area contributed by atoms with Crippen molar-refractivity contribution in [3.63, 3.8) is 0 Å². The lowest BCUT2D eigenvalue weighted by Crippen LogP contribution is -2.31. The van der Waals surface area contributed by atoms with Gasteiger partial charge in [0, 0.05) is 18.5 Å². The van der Waals surface area contributed by atoms with Gasteiger partial charge < -0.3 is 9.64 Å². The molecule has 0 unspecified atom stereocenters. The molecule has 0 saturated carbocycles. The fourth-order valence-corrected chi connectivity index (χ4v) is 2.86. The average Bonchev–Trinajstić information content (AvgIpc) is 2.62. The molecule has 0 heterocycles. The van der Waals surface area contributed by atoms with Gasteiger partial charge in [-0.15, -0.1) is 0 Å². The van der Waals surface area contributed by atoms with Crippen molar-refractivity contribution in [2.24, 2.45) is 0 Å². The highest BCUT2D eigenvalue weighted by atomic mass is 19.1. The van der Waals surface area contributed by atoms with E-state index in [9.17, 15) is 9.18 Å². The molecule has 2 aromatic rings. The first-order chi connectivity index (χ1) is 12.0. The minimum absolute atomic E-state index is 0.0298. The molecule has 134 valence electrons. The van der Waals surface area contributed by atoms with Crippen LogP contribution in [0.5, 0.6) is 5.75 Å². The largest absolute Gasteiger partial charge is 0.488 e. The molecule has 0 saturated heterocycles. The third kappa shape index (κ3) is 4.38. The van der Waals surface area contributed by atoms with Gasteiger partial charge in [-0.05, 0) is 49.6 Å². The number of hydrogen-bond donors (Lipinski definition) is 0. The minimum atomic E-state index is -0.359. The Morgan fingerprint density at radius 3 is 2.52 bits per heavy atom. The van der Waals surface area contributed by atoms with Crippen LogP contribution >= 0.6 is 0 Å². The Balaban J connectivity index is 2.29. The van der Waals surface area contributed by atoms with Crippen molar-refractivity contribution < 1.29 is 13.9 Å². The van der Waals surface area contributed by atoms with Crippen LogP contribution in [0.3, 0.4) is 0 Å². The van der Waals surface area contributed by atoms with E-state index in [4.69, 9.17) is 4.74 Å². The highest BCUT2D eigenvalue weighted by Gasteiger charge is 2.19. The van der Waals surface area contributed by atoms with Crippen molar-refractivity contribution in [2.45, 2.75) is 47.1 Å². The lowest BCUT2D eigenvalue weighted by atomic mass is 10.1. The number of carbonyl (C=O) groups excluding carboxylic acids is 1. The third-order valence-electron chi connectivity index (χ3n) is 4.32. The predicted molar refractivity (Wildman–Crippen MR) is 99.6 cm³/mol. The molecule has 0 radical (unpaired) electrons. The van der Waals surface area contributed by atoms with Gasteiger partial charge in [-0.25, -0.2) is 4.39 Å². The predicted octanol–water partition coefficient (Wildman–Crippen LogP) is 5.04. The second-order valence-electron chi connectivity index (χ2n) is 5.97. The van der Waals surface area contributed by atoms with Gasteiger partial charge in [0.05, 0.1) is 5.69 Å². The number of ether oxygens (including phenoxy) is 1. The fourth-order valence-electron chi connectivity index (χ4n) is 2.86. The quantitative estimate of drug-likeness (QED) is 0.705. The summed E-state index contributed by atoms with van der Waals surface area (Å²) in [5, 5.41) is 0. The molecule has 0 fully saturated rings.